The standard InChI is InChI=1S/C22H31N5O5SSi.C18H20N4O5S/c1-30-17-11-9-12-18(31-2)20(17)27-21(16-10-8-13-19(23-16)32-3)24-25-22(27)26(33(4,28)29)14-15-34(5,6)7;1-25-13-8-6-9-14(26-2)17(13)22-15(11-28(4,23)24)20-21-18(22)12-7-5-10-16(19-12)27-3/h8-13H,14-15H2,1-7H3;5-10H,11H2,1-4H3. The Morgan fingerprint density at radius 3 is 1.39 bits per heavy atom. The highest BCUT2D eigenvalue weighted by Crippen LogP contribution is 2.39. The van der Waals surface area contributed by atoms with Crippen molar-refractivity contribution in [2.75, 3.05) is 66.0 Å². The second-order valence-corrected chi connectivity index (χ2v) is 24.5. The predicted molar refractivity (Wildman–Crippen MR) is 237 cm³/mol. The number of hydrogen-bond acceptors (Lipinski definition) is 16. The van der Waals surface area contributed by atoms with Crippen LogP contribution in [0.25, 0.3) is 34.4 Å². The first kappa shape index (κ1) is 46.8. The van der Waals surface area contributed by atoms with E-state index in [1.165, 1.54) is 53.2 Å². The maximum Gasteiger partial charge on any atom is 0.246 e. The lowest BCUT2D eigenvalue weighted by atomic mass is 10.2. The third-order valence-corrected chi connectivity index (χ3v) is 12.7. The Labute approximate surface area is 362 Å². The van der Waals surface area contributed by atoms with E-state index in [1.807, 2.05) is 0 Å². The summed E-state index contributed by atoms with van der Waals surface area (Å²) in [6.07, 6.45) is 2.30. The predicted octanol–water partition coefficient (Wildman–Crippen LogP) is 5.36. The molecular formula is C40H51N9O10S2Si. The molecular weight excluding hydrogens is 859 g/mol. The van der Waals surface area contributed by atoms with Crippen molar-refractivity contribution in [2.45, 2.75) is 31.4 Å². The fraction of sp³-hybridized carbons (Fsp3) is 0.350. The molecule has 0 aliphatic carbocycles. The molecule has 0 saturated carbocycles. The number of aromatic nitrogens is 8. The van der Waals surface area contributed by atoms with Crippen molar-refractivity contribution >= 4 is 33.9 Å². The van der Waals surface area contributed by atoms with Crippen molar-refractivity contribution in [3.05, 3.63) is 78.6 Å². The largest absolute Gasteiger partial charge is 0.494 e. The Balaban J connectivity index is 0.000000238. The second-order valence-electron chi connectivity index (χ2n) is 14.8. The van der Waals surface area contributed by atoms with Crippen LogP contribution in [0.3, 0.4) is 0 Å². The van der Waals surface area contributed by atoms with Crippen LogP contribution in [-0.4, -0.2) is 126 Å². The molecule has 22 heteroatoms. The first-order valence-corrected chi connectivity index (χ1v) is 26.5. The van der Waals surface area contributed by atoms with Crippen LogP contribution in [0.2, 0.25) is 25.7 Å². The topological polar surface area (TPSA) is 214 Å². The third kappa shape index (κ3) is 11.0. The summed E-state index contributed by atoms with van der Waals surface area (Å²) in [5.74, 6) is 3.32. The minimum Gasteiger partial charge on any atom is -0.494 e. The second kappa shape index (κ2) is 19.6. The van der Waals surface area contributed by atoms with E-state index in [0.717, 1.165) is 12.3 Å². The Hall–Kier alpha value is -6.26. The Kier molecular flexibility index (Phi) is 14.8. The molecule has 0 bridgehead atoms. The van der Waals surface area contributed by atoms with Crippen LogP contribution in [-0.2, 0) is 25.6 Å². The molecule has 0 aliphatic heterocycles. The number of ether oxygens (including phenoxy) is 6. The van der Waals surface area contributed by atoms with Crippen molar-refractivity contribution < 1.29 is 45.3 Å². The van der Waals surface area contributed by atoms with Gasteiger partial charge in [-0.2, -0.15) is 0 Å². The van der Waals surface area contributed by atoms with E-state index in [2.05, 4.69) is 50.0 Å². The number of para-hydroxylation sites is 2. The number of nitrogens with zero attached hydrogens (tertiary/aromatic N) is 9. The molecule has 6 rings (SSSR count). The zero-order valence-electron chi connectivity index (χ0n) is 36.5. The van der Waals surface area contributed by atoms with Gasteiger partial charge >= 0.3 is 0 Å². The van der Waals surface area contributed by atoms with E-state index >= 15 is 0 Å². The summed E-state index contributed by atoms with van der Waals surface area (Å²) < 4.78 is 87.0. The molecule has 0 saturated heterocycles. The summed E-state index contributed by atoms with van der Waals surface area (Å²) in [5.41, 5.74) is 1.86. The Bertz CT molecular complexity index is 2680. The van der Waals surface area contributed by atoms with Gasteiger partial charge in [-0.05, 0) is 42.4 Å². The third-order valence-electron chi connectivity index (χ3n) is 9.03. The number of sulfonamides is 1. The maximum absolute atomic E-state index is 12.9. The van der Waals surface area contributed by atoms with Gasteiger partial charge in [0.15, 0.2) is 27.3 Å². The highest BCUT2D eigenvalue weighted by atomic mass is 32.2. The molecule has 0 atom stereocenters. The lowest BCUT2D eigenvalue weighted by Gasteiger charge is -2.26. The van der Waals surface area contributed by atoms with E-state index in [0.29, 0.717) is 69.2 Å². The fourth-order valence-electron chi connectivity index (χ4n) is 6.12. The minimum atomic E-state index is -3.69. The molecule has 0 fully saturated rings. The summed E-state index contributed by atoms with van der Waals surface area (Å²) in [4.78, 5) is 8.88. The van der Waals surface area contributed by atoms with Gasteiger partial charge in [-0.25, -0.2) is 31.1 Å². The molecule has 2 aromatic carbocycles. The van der Waals surface area contributed by atoms with Crippen molar-refractivity contribution in [2.24, 2.45) is 0 Å². The van der Waals surface area contributed by atoms with Gasteiger partial charge in [-0.15, -0.1) is 20.4 Å². The van der Waals surface area contributed by atoms with Gasteiger partial charge in [0.05, 0.1) is 48.9 Å². The van der Waals surface area contributed by atoms with Crippen LogP contribution in [0.5, 0.6) is 34.8 Å². The summed E-state index contributed by atoms with van der Waals surface area (Å²) in [7, 11) is 0.489. The molecule has 0 spiro atoms. The van der Waals surface area contributed by atoms with Crippen LogP contribution < -0.4 is 32.7 Å². The molecule has 0 amide bonds. The Morgan fingerprint density at radius 2 is 0.984 bits per heavy atom. The zero-order valence-corrected chi connectivity index (χ0v) is 39.1. The zero-order chi connectivity index (χ0) is 45.4. The van der Waals surface area contributed by atoms with E-state index in [1.54, 1.807) is 81.9 Å². The molecule has 6 aromatic rings. The highest BCUT2D eigenvalue weighted by Gasteiger charge is 2.31. The summed E-state index contributed by atoms with van der Waals surface area (Å²) in [6.45, 7) is 6.84. The van der Waals surface area contributed by atoms with Gasteiger partial charge in [-0.1, -0.05) is 43.9 Å². The van der Waals surface area contributed by atoms with Gasteiger partial charge in [0, 0.05) is 33.0 Å². The average Bonchev–Trinajstić information content (AvgIpc) is 3.85. The van der Waals surface area contributed by atoms with E-state index in [-0.39, 0.29) is 24.1 Å². The van der Waals surface area contributed by atoms with Crippen molar-refractivity contribution in [1.29, 1.82) is 0 Å². The first-order valence-electron chi connectivity index (χ1n) is 18.9. The summed E-state index contributed by atoms with van der Waals surface area (Å²) in [5, 5.41) is 17.0. The van der Waals surface area contributed by atoms with Gasteiger partial charge in [0.1, 0.15) is 51.5 Å². The van der Waals surface area contributed by atoms with Crippen LogP contribution in [0, 0.1) is 0 Å². The lowest BCUT2D eigenvalue weighted by Crippen LogP contribution is -2.37. The minimum absolute atomic E-state index is 0.128. The van der Waals surface area contributed by atoms with Crippen LogP contribution in [0.1, 0.15) is 5.82 Å². The van der Waals surface area contributed by atoms with Gasteiger partial charge in [0.2, 0.25) is 27.7 Å². The summed E-state index contributed by atoms with van der Waals surface area (Å²) in [6, 6.07) is 21.7. The van der Waals surface area contributed by atoms with E-state index < -0.39 is 27.9 Å². The SMILES string of the molecule is COc1cccc(-c2nnc(CS(C)(=O)=O)n2-c2c(OC)cccc2OC)n1.COc1cccc(-c2nnc(N(CC[Si](C)(C)C)S(C)(=O)=O)n2-c2c(OC)cccc2OC)n1. The lowest BCUT2D eigenvalue weighted by molar-refractivity contribution is 0.390. The van der Waals surface area contributed by atoms with Crippen molar-refractivity contribution in [1.82, 2.24) is 39.5 Å². The highest BCUT2D eigenvalue weighted by molar-refractivity contribution is 7.92. The molecule has 0 unspecified atom stereocenters. The molecule has 19 nitrogen and oxygen atoms in total. The monoisotopic (exact) mass is 909 g/mol. The number of anilines is 1. The van der Waals surface area contributed by atoms with Crippen LogP contribution in [0.4, 0.5) is 5.95 Å². The molecule has 332 valence electrons. The number of pyridine rings is 2. The number of methoxy groups -OCH3 is 6. The molecule has 62 heavy (non-hydrogen) atoms. The van der Waals surface area contributed by atoms with E-state index in [9.17, 15) is 16.8 Å². The number of sulfone groups is 1. The van der Waals surface area contributed by atoms with Gasteiger partial charge < -0.3 is 28.4 Å². The van der Waals surface area contributed by atoms with Crippen LogP contribution in [0.15, 0.2) is 72.8 Å². The molecule has 4 heterocycles. The molecule has 0 radical (unpaired) electrons. The quantitative estimate of drug-likeness (QED) is 0.105. The molecule has 0 N–H and O–H groups in total. The van der Waals surface area contributed by atoms with Crippen molar-refractivity contribution in [3.63, 3.8) is 0 Å². The van der Waals surface area contributed by atoms with Gasteiger partial charge in [0.25, 0.3) is 0 Å². The smallest absolute Gasteiger partial charge is 0.246 e. The van der Waals surface area contributed by atoms with E-state index in [4.69, 9.17) is 28.4 Å². The van der Waals surface area contributed by atoms with Crippen molar-refractivity contribution in [3.8, 4) is 69.2 Å². The average molecular weight is 910 g/mol. The normalized spacial score (nSPS) is 11.6. The number of hydrogen-bond donors (Lipinski definition) is 0. The summed E-state index contributed by atoms with van der Waals surface area (Å²) >= 11 is 0. The molecule has 4 aromatic heterocycles. The molecule has 0 aliphatic rings. The Morgan fingerprint density at radius 1 is 0.565 bits per heavy atom. The first-order chi connectivity index (χ1) is 29.4. The fourth-order valence-corrected chi connectivity index (χ4v) is 8.67. The van der Waals surface area contributed by atoms with Crippen LogP contribution >= 0.6 is 0 Å². The number of benzene rings is 2. The number of rotatable bonds is 17. The maximum atomic E-state index is 12.9. The van der Waals surface area contributed by atoms with Gasteiger partial charge in [-0.3, -0.25) is 9.13 Å².